The van der Waals surface area contributed by atoms with E-state index in [4.69, 9.17) is 11.6 Å². The Balaban J connectivity index is 2.10. The van der Waals surface area contributed by atoms with Crippen LogP contribution in [0.4, 0.5) is 0 Å². The Kier molecular flexibility index (Phi) is 7.72. The Bertz CT molecular complexity index is 739. The van der Waals surface area contributed by atoms with Gasteiger partial charge in [0.25, 0.3) is 0 Å². The molecule has 2 rings (SSSR count). The van der Waals surface area contributed by atoms with Crippen molar-refractivity contribution in [3.8, 4) is 0 Å². The van der Waals surface area contributed by atoms with Crippen molar-refractivity contribution in [2.75, 3.05) is 40.8 Å². The number of fused-ring (bicyclic) bond motifs is 1. The van der Waals surface area contributed by atoms with E-state index in [9.17, 15) is 4.79 Å². The van der Waals surface area contributed by atoms with Gasteiger partial charge < -0.3 is 14.7 Å². The number of halogens is 1. The van der Waals surface area contributed by atoms with Gasteiger partial charge in [-0.3, -0.25) is 9.89 Å². The number of amides is 1. The highest BCUT2D eigenvalue weighted by Crippen LogP contribution is 2.17. The van der Waals surface area contributed by atoms with Crippen LogP contribution in [-0.2, 0) is 4.79 Å². The molecular formula is C19H30ClN5O. The van der Waals surface area contributed by atoms with Crippen LogP contribution >= 0.6 is 11.6 Å². The van der Waals surface area contributed by atoms with Crippen molar-refractivity contribution in [3.63, 3.8) is 0 Å². The van der Waals surface area contributed by atoms with Crippen molar-refractivity contribution < 1.29 is 4.79 Å². The average Bonchev–Trinajstić information content (AvgIpc) is 3.02. The van der Waals surface area contributed by atoms with Crippen LogP contribution < -0.4 is 10.6 Å². The number of aromatic amines is 1. The molecule has 1 aliphatic rings. The molecule has 0 aromatic carbocycles. The van der Waals surface area contributed by atoms with Gasteiger partial charge in [0.1, 0.15) is 0 Å². The quantitative estimate of drug-likeness (QED) is 0.615. The van der Waals surface area contributed by atoms with Crippen LogP contribution in [0.25, 0.3) is 11.8 Å². The number of allylic oxidation sites excluding steroid dienone is 1. The van der Waals surface area contributed by atoms with E-state index in [2.05, 4.69) is 40.0 Å². The average molecular weight is 380 g/mol. The summed E-state index contributed by atoms with van der Waals surface area (Å²) in [5.41, 5.74) is 1.06. The van der Waals surface area contributed by atoms with Gasteiger partial charge in [-0.25, -0.2) is 0 Å². The summed E-state index contributed by atoms with van der Waals surface area (Å²) in [4.78, 5) is 17.7. The van der Waals surface area contributed by atoms with E-state index in [-0.39, 0.29) is 6.04 Å². The fourth-order valence-electron chi connectivity index (χ4n) is 3.16. The SMILES string of the molecule is CCC(CCN(C)C1=c2cn[nH]c2=CCC(Cl)=C1)N(C=O)CCN(C)C. The third kappa shape index (κ3) is 5.35. The van der Waals surface area contributed by atoms with Crippen LogP contribution in [0.15, 0.2) is 17.3 Å². The summed E-state index contributed by atoms with van der Waals surface area (Å²) in [5.74, 6) is 0. The number of H-pyrrole nitrogens is 1. The Morgan fingerprint density at radius 1 is 1.31 bits per heavy atom. The molecule has 0 saturated carbocycles. The molecule has 0 radical (unpaired) electrons. The van der Waals surface area contributed by atoms with E-state index >= 15 is 0 Å². The van der Waals surface area contributed by atoms with E-state index in [1.807, 2.05) is 31.3 Å². The fraction of sp³-hybridized carbons (Fsp3) is 0.579. The van der Waals surface area contributed by atoms with Crippen molar-refractivity contribution in [1.29, 1.82) is 0 Å². The highest BCUT2D eigenvalue weighted by molar-refractivity contribution is 6.30. The summed E-state index contributed by atoms with van der Waals surface area (Å²) < 4.78 is 0. The molecular weight excluding hydrogens is 350 g/mol. The van der Waals surface area contributed by atoms with Gasteiger partial charge in [0.2, 0.25) is 6.41 Å². The first-order chi connectivity index (χ1) is 12.5. The number of hydrogen-bond acceptors (Lipinski definition) is 4. The van der Waals surface area contributed by atoms with Crippen molar-refractivity contribution >= 4 is 29.8 Å². The molecule has 0 spiro atoms. The first-order valence-corrected chi connectivity index (χ1v) is 9.50. The van der Waals surface area contributed by atoms with Crippen LogP contribution in [0.1, 0.15) is 26.2 Å². The summed E-state index contributed by atoms with van der Waals surface area (Å²) in [6, 6.07) is 0.233. The first kappa shape index (κ1) is 20.5. The van der Waals surface area contributed by atoms with Gasteiger partial charge in [0, 0.05) is 55.1 Å². The Hall–Kier alpha value is -1.79. The minimum atomic E-state index is 0.233. The smallest absolute Gasteiger partial charge is 0.209 e. The highest BCUT2D eigenvalue weighted by Gasteiger charge is 2.17. The Morgan fingerprint density at radius 3 is 2.73 bits per heavy atom. The summed E-state index contributed by atoms with van der Waals surface area (Å²) in [6.45, 7) is 4.60. The monoisotopic (exact) mass is 379 g/mol. The molecule has 0 fully saturated rings. The van der Waals surface area contributed by atoms with Crippen molar-refractivity contribution in [1.82, 2.24) is 24.9 Å². The largest absolute Gasteiger partial charge is 0.374 e. The number of nitrogens with zero attached hydrogens (tertiary/aromatic N) is 4. The fourth-order valence-corrected chi connectivity index (χ4v) is 3.34. The highest BCUT2D eigenvalue weighted by atomic mass is 35.5. The lowest BCUT2D eigenvalue weighted by molar-refractivity contribution is -0.120. The second-order valence-corrected chi connectivity index (χ2v) is 7.49. The number of nitrogens with one attached hydrogen (secondary N) is 1. The summed E-state index contributed by atoms with van der Waals surface area (Å²) in [7, 11) is 6.11. The van der Waals surface area contributed by atoms with Gasteiger partial charge in [-0.05, 0) is 33.0 Å². The second kappa shape index (κ2) is 9.78. The van der Waals surface area contributed by atoms with Gasteiger partial charge in [-0.1, -0.05) is 24.6 Å². The topological polar surface area (TPSA) is 55.5 Å². The van der Waals surface area contributed by atoms with Crippen molar-refractivity contribution in [2.24, 2.45) is 0 Å². The lowest BCUT2D eigenvalue weighted by Crippen LogP contribution is -2.40. The molecule has 7 heteroatoms. The van der Waals surface area contributed by atoms with Crippen LogP contribution in [0.3, 0.4) is 0 Å². The lowest BCUT2D eigenvalue weighted by Gasteiger charge is -2.31. The van der Waals surface area contributed by atoms with Gasteiger partial charge in [0.15, 0.2) is 0 Å². The van der Waals surface area contributed by atoms with Gasteiger partial charge in [-0.15, -0.1) is 0 Å². The first-order valence-electron chi connectivity index (χ1n) is 9.13. The van der Waals surface area contributed by atoms with Gasteiger partial charge in [0.05, 0.1) is 11.5 Å². The van der Waals surface area contributed by atoms with E-state index in [0.717, 1.165) is 60.2 Å². The molecule has 1 heterocycles. The molecule has 1 unspecified atom stereocenters. The number of carbonyl (C=O) groups excluding carboxylic acids is 1. The zero-order valence-electron chi connectivity index (χ0n) is 16.2. The number of aromatic nitrogens is 2. The lowest BCUT2D eigenvalue weighted by atomic mass is 10.1. The summed E-state index contributed by atoms with van der Waals surface area (Å²) >= 11 is 6.33. The maximum atomic E-state index is 11.5. The predicted octanol–water partition coefficient (Wildman–Crippen LogP) is 0.945. The van der Waals surface area contributed by atoms with Crippen LogP contribution in [0.5, 0.6) is 0 Å². The maximum absolute atomic E-state index is 11.5. The van der Waals surface area contributed by atoms with Crippen LogP contribution in [0.2, 0.25) is 0 Å². The summed E-state index contributed by atoms with van der Waals surface area (Å²) in [6.07, 6.45) is 9.46. The zero-order valence-corrected chi connectivity index (χ0v) is 17.0. The molecule has 1 atom stereocenters. The second-order valence-electron chi connectivity index (χ2n) is 7.00. The molecule has 0 bridgehead atoms. The summed E-state index contributed by atoms with van der Waals surface area (Å²) in [5, 5.41) is 10.1. The zero-order chi connectivity index (χ0) is 19.1. The molecule has 1 amide bonds. The number of likely N-dealkylation sites (N-methyl/N-ethyl adjacent to an activating group) is 2. The molecule has 1 N–H and O–H groups in total. The predicted molar refractivity (Wildman–Crippen MR) is 107 cm³/mol. The Labute approximate surface area is 160 Å². The minimum Gasteiger partial charge on any atom is -0.374 e. The van der Waals surface area contributed by atoms with Gasteiger partial charge in [-0.2, -0.15) is 5.10 Å². The molecule has 0 saturated heterocycles. The van der Waals surface area contributed by atoms with Crippen LogP contribution in [0, 0.1) is 0 Å². The van der Waals surface area contributed by atoms with E-state index < -0.39 is 0 Å². The molecule has 26 heavy (non-hydrogen) atoms. The van der Waals surface area contributed by atoms with Crippen molar-refractivity contribution in [3.05, 3.63) is 27.9 Å². The molecule has 1 aromatic heterocycles. The third-order valence-corrected chi connectivity index (χ3v) is 5.09. The minimum absolute atomic E-state index is 0.233. The molecule has 0 aliphatic heterocycles. The number of hydrogen-bond donors (Lipinski definition) is 1. The third-order valence-electron chi connectivity index (χ3n) is 4.83. The van der Waals surface area contributed by atoms with Crippen LogP contribution in [-0.4, -0.2) is 78.1 Å². The standard InChI is InChI=1S/C19H30ClN5O/c1-5-16(25(14-26)11-10-23(2)3)8-9-24(4)19-12-15(20)6-7-18-17(19)13-21-22-18/h7,12-14,16,22H,5-6,8-11H2,1-4H3. The van der Waals surface area contributed by atoms with E-state index in [1.165, 1.54) is 0 Å². The maximum Gasteiger partial charge on any atom is 0.209 e. The number of carbonyl (C=O) groups is 1. The molecule has 1 aromatic rings. The van der Waals surface area contributed by atoms with Crippen molar-refractivity contribution in [2.45, 2.75) is 32.2 Å². The van der Waals surface area contributed by atoms with E-state index in [0.29, 0.717) is 6.42 Å². The molecule has 1 aliphatic carbocycles. The van der Waals surface area contributed by atoms with Gasteiger partial charge >= 0.3 is 0 Å². The molecule has 144 valence electrons. The number of rotatable bonds is 10. The molecule has 6 nitrogen and oxygen atoms in total. The normalized spacial score (nSPS) is 15.0. The van der Waals surface area contributed by atoms with E-state index in [1.54, 1.807) is 0 Å². The Morgan fingerprint density at radius 2 is 2.08 bits per heavy atom.